The third kappa shape index (κ3) is 4.99. The van der Waals surface area contributed by atoms with Gasteiger partial charge in [-0.25, -0.2) is 8.42 Å². The number of aryl methyl sites for hydroxylation is 1. The fourth-order valence-corrected chi connectivity index (χ4v) is 4.54. The summed E-state index contributed by atoms with van der Waals surface area (Å²) >= 11 is 0. The standard InChI is InChI=1S/C22H25N3O3S/c1-15(2)20(22(26)24-14-17-11-9-16(3)10-12-17)25-29(27,28)19-8-4-6-18-7-5-13-23-21(18)19/h4-13,15,20,25H,14H2,1-3H3,(H,24,26)/t20-/m1/s1. The van der Waals surface area contributed by atoms with E-state index < -0.39 is 16.1 Å². The van der Waals surface area contributed by atoms with Gasteiger partial charge in [-0.3, -0.25) is 9.78 Å². The van der Waals surface area contributed by atoms with Gasteiger partial charge in [-0.15, -0.1) is 0 Å². The van der Waals surface area contributed by atoms with Crippen molar-refractivity contribution in [1.29, 1.82) is 0 Å². The van der Waals surface area contributed by atoms with E-state index in [1.54, 1.807) is 44.3 Å². The lowest BCUT2D eigenvalue weighted by atomic mass is 10.0. The number of hydrogen-bond acceptors (Lipinski definition) is 4. The van der Waals surface area contributed by atoms with Gasteiger partial charge in [-0.05, 0) is 30.5 Å². The van der Waals surface area contributed by atoms with E-state index in [2.05, 4.69) is 15.0 Å². The minimum absolute atomic E-state index is 0.0626. The van der Waals surface area contributed by atoms with Gasteiger partial charge in [0.05, 0.1) is 5.52 Å². The summed E-state index contributed by atoms with van der Waals surface area (Å²) in [4.78, 5) is 17.0. The van der Waals surface area contributed by atoms with E-state index in [1.807, 2.05) is 31.2 Å². The Balaban J connectivity index is 1.80. The van der Waals surface area contributed by atoms with Crippen LogP contribution in [0.5, 0.6) is 0 Å². The number of aromatic nitrogens is 1. The molecule has 2 aromatic carbocycles. The van der Waals surface area contributed by atoms with Crippen LogP contribution in [-0.2, 0) is 21.4 Å². The van der Waals surface area contributed by atoms with Crippen molar-refractivity contribution < 1.29 is 13.2 Å². The molecule has 0 spiro atoms. The van der Waals surface area contributed by atoms with Crippen LogP contribution in [-0.4, -0.2) is 25.4 Å². The summed E-state index contributed by atoms with van der Waals surface area (Å²) in [5.74, 6) is -0.594. The number of fused-ring (bicyclic) bond motifs is 1. The Labute approximate surface area is 171 Å². The molecular weight excluding hydrogens is 386 g/mol. The van der Waals surface area contributed by atoms with Crippen molar-refractivity contribution in [3.05, 3.63) is 71.9 Å². The molecule has 1 aromatic heterocycles. The summed E-state index contributed by atoms with van der Waals surface area (Å²) in [5, 5.41) is 3.55. The fourth-order valence-electron chi connectivity index (χ4n) is 3.02. The number of benzene rings is 2. The highest BCUT2D eigenvalue weighted by Gasteiger charge is 2.29. The fraction of sp³-hybridized carbons (Fsp3) is 0.273. The molecule has 1 atom stereocenters. The summed E-state index contributed by atoms with van der Waals surface area (Å²) in [6.07, 6.45) is 1.55. The van der Waals surface area contributed by atoms with Gasteiger partial charge >= 0.3 is 0 Å². The van der Waals surface area contributed by atoms with Crippen molar-refractivity contribution in [3.63, 3.8) is 0 Å². The summed E-state index contributed by atoms with van der Waals surface area (Å²) in [5.41, 5.74) is 2.47. The molecule has 1 heterocycles. The zero-order valence-corrected chi connectivity index (χ0v) is 17.5. The van der Waals surface area contributed by atoms with Gasteiger partial charge in [0.15, 0.2) is 0 Å². The Bertz CT molecular complexity index is 1100. The molecule has 0 radical (unpaired) electrons. The van der Waals surface area contributed by atoms with Crippen LogP contribution in [0, 0.1) is 12.8 Å². The lowest BCUT2D eigenvalue weighted by Gasteiger charge is -2.22. The summed E-state index contributed by atoms with van der Waals surface area (Å²) in [6, 6.07) is 15.4. The second-order valence-corrected chi connectivity index (χ2v) is 9.06. The van der Waals surface area contributed by atoms with Gasteiger partial charge in [0.2, 0.25) is 15.9 Å². The average molecular weight is 412 g/mol. The van der Waals surface area contributed by atoms with Gasteiger partial charge in [0, 0.05) is 18.1 Å². The van der Waals surface area contributed by atoms with Crippen LogP contribution < -0.4 is 10.0 Å². The Morgan fingerprint density at radius 3 is 2.41 bits per heavy atom. The van der Waals surface area contributed by atoms with E-state index in [0.29, 0.717) is 12.1 Å². The number of carbonyl (C=O) groups excluding carboxylic acids is 1. The number of sulfonamides is 1. The van der Waals surface area contributed by atoms with Gasteiger partial charge in [0.25, 0.3) is 0 Å². The lowest BCUT2D eigenvalue weighted by Crippen LogP contribution is -2.49. The summed E-state index contributed by atoms with van der Waals surface area (Å²) in [7, 11) is -3.94. The molecule has 1 amide bonds. The van der Waals surface area contributed by atoms with E-state index in [1.165, 1.54) is 6.07 Å². The summed E-state index contributed by atoms with van der Waals surface area (Å²) < 4.78 is 28.7. The van der Waals surface area contributed by atoms with Crippen LogP contribution in [0.2, 0.25) is 0 Å². The molecule has 0 aliphatic heterocycles. The van der Waals surface area contributed by atoms with Crippen LogP contribution in [0.3, 0.4) is 0 Å². The molecule has 0 aliphatic rings. The first kappa shape index (κ1) is 21.0. The number of nitrogens with zero attached hydrogens (tertiary/aromatic N) is 1. The van der Waals surface area contributed by atoms with Crippen molar-refractivity contribution in [1.82, 2.24) is 15.0 Å². The largest absolute Gasteiger partial charge is 0.351 e. The Morgan fingerprint density at radius 1 is 1.03 bits per heavy atom. The van der Waals surface area contributed by atoms with Crippen molar-refractivity contribution in [3.8, 4) is 0 Å². The molecule has 3 rings (SSSR count). The van der Waals surface area contributed by atoms with E-state index >= 15 is 0 Å². The summed E-state index contributed by atoms with van der Waals surface area (Å²) in [6.45, 7) is 5.94. The van der Waals surface area contributed by atoms with Gasteiger partial charge in [0.1, 0.15) is 10.9 Å². The predicted octanol–water partition coefficient (Wildman–Crippen LogP) is 3.16. The molecule has 3 aromatic rings. The second-order valence-electron chi connectivity index (χ2n) is 7.38. The first-order chi connectivity index (χ1) is 13.8. The monoisotopic (exact) mass is 411 g/mol. The highest BCUT2D eigenvalue weighted by atomic mass is 32.2. The van der Waals surface area contributed by atoms with Crippen LogP contribution in [0.25, 0.3) is 10.9 Å². The number of amides is 1. The number of para-hydroxylation sites is 1. The molecule has 0 fully saturated rings. The first-order valence-corrected chi connectivity index (χ1v) is 11.0. The van der Waals surface area contributed by atoms with E-state index in [0.717, 1.165) is 16.5 Å². The SMILES string of the molecule is Cc1ccc(CNC(=O)[C@H](NS(=O)(=O)c2cccc3cccnc23)C(C)C)cc1. The molecule has 2 N–H and O–H groups in total. The molecule has 0 unspecified atom stereocenters. The maximum atomic E-state index is 13.0. The Hall–Kier alpha value is -2.77. The normalized spacial score (nSPS) is 12.8. The second kappa shape index (κ2) is 8.71. The number of pyridine rings is 1. The molecule has 0 bridgehead atoms. The van der Waals surface area contributed by atoms with Gasteiger partial charge in [-0.2, -0.15) is 4.72 Å². The van der Waals surface area contributed by atoms with Gasteiger partial charge < -0.3 is 5.32 Å². The minimum Gasteiger partial charge on any atom is -0.351 e. The number of carbonyl (C=O) groups is 1. The van der Waals surface area contributed by atoms with Crippen molar-refractivity contribution >= 4 is 26.8 Å². The van der Waals surface area contributed by atoms with Crippen molar-refractivity contribution in [2.24, 2.45) is 5.92 Å². The molecule has 152 valence electrons. The Kier molecular flexibility index (Phi) is 6.30. The van der Waals surface area contributed by atoms with Crippen LogP contribution in [0.15, 0.2) is 65.7 Å². The molecule has 0 aliphatic carbocycles. The third-order valence-corrected chi connectivity index (χ3v) is 6.18. The van der Waals surface area contributed by atoms with Crippen molar-refractivity contribution in [2.45, 2.75) is 38.3 Å². The van der Waals surface area contributed by atoms with Crippen LogP contribution >= 0.6 is 0 Å². The topological polar surface area (TPSA) is 88.2 Å². The minimum atomic E-state index is -3.94. The van der Waals surface area contributed by atoms with Crippen LogP contribution in [0.4, 0.5) is 0 Å². The molecule has 0 saturated carbocycles. The first-order valence-electron chi connectivity index (χ1n) is 9.47. The Morgan fingerprint density at radius 2 is 1.72 bits per heavy atom. The van der Waals surface area contributed by atoms with Gasteiger partial charge in [-0.1, -0.05) is 61.9 Å². The third-order valence-electron chi connectivity index (χ3n) is 4.70. The van der Waals surface area contributed by atoms with E-state index in [-0.39, 0.29) is 16.7 Å². The lowest BCUT2D eigenvalue weighted by molar-refractivity contribution is -0.123. The maximum Gasteiger partial charge on any atom is 0.243 e. The molecule has 6 nitrogen and oxygen atoms in total. The zero-order valence-electron chi connectivity index (χ0n) is 16.7. The zero-order chi connectivity index (χ0) is 21.0. The molecule has 7 heteroatoms. The smallest absolute Gasteiger partial charge is 0.243 e. The number of nitrogens with one attached hydrogen (secondary N) is 2. The molecule has 29 heavy (non-hydrogen) atoms. The molecule has 0 saturated heterocycles. The van der Waals surface area contributed by atoms with E-state index in [4.69, 9.17) is 0 Å². The van der Waals surface area contributed by atoms with Crippen LogP contribution in [0.1, 0.15) is 25.0 Å². The maximum absolute atomic E-state index is 13.0. The quantitative estimate of drug-likeness (QED) is 0.625. The average Bonchev–Trinajstić information content (AvgIpc) is 2.70. The highest BCUT2D eigenvalue weighted by molar-refractivity contribution is 7.89. The predicted molar refractivity (Wildman–Crippen MR) is 114 cm³/mol. The highest BCUT2D eigenvalue weighted by Crippen LogP contribution is 2.21. The number of hydrogen-bond donors (Lipinski definition) is 2. The molecular formula is C22H25N3O3S. The number of rotatable bonds is 7. The van der Waals surface area contributed by atoms with Crippen molar-refractivity contribution in [2.75, 3.05) is 0 Å². The van der Waals surface area contributed by atoms with E-state index in [9.17, 15) is 13.2 Å².